The topological polar surface area (TPSA) is 67.9 Å². The number of hydrogen-bond acceptors (Lipinski definition) is 4. The Morgan fingerprint density at radius 2 is 1.28 bits per heavy atom. The van der Waals surface area contributed by atoms with E-state index in [4.69, 9.17) is 9.47 Å². The van der Waals surface area contributed by atoms with Gasteiger partial charge in [-0.3, -0.25) is 9.59 Å². The molecule has 4 aromatic carbocycles. The van der Waals surface area contributed by atoms with Gasteiger partial charge in [0.05, 0.1) is 0 Å². The number of ether oxygens (including phenoxy) is 2. The molecular weight excluding hydrogens is 452 g/mol. The maximum Gasteiger partial charge on any atom is 0.269 e. The van der Waals surface area contributed by atoms with E-state index in [0.29, 0.717) is 35.8 Å². The summed E-state index contributed by atoms with van der Waals surface area (Å²) in [6.45, 7) is 1.12. The third-order valence-corrected chi connectivity index (χ3v) is 5.92. The van der Waals surface area contributed by atoms with Crippen molar-refractivity contribution in [1.29, 1.82) is 0 Å². The van der Waals surface area contributed by atoms with E-state index in [9.17, 15) is 9.59 Å². The van der Waals surface area contributed by atoms with Gasteiger partial charge < -0.3 is 19.7 Å². The van der Waals surface area contributed by atoms with Crippen molar-refractivity contribution in [3.05, 3.63) is 126 Å². The third kappa shape index (κ3) is 5.55. The van der Waals surface area contributed by atoms with E-state index in [1.54, 1.807) is 36.4 Å². The molecule has 1 heterocycles. The van der Waals surface area contributed by atoms with Gasteiger partial charge in [-0.1, -0.05) is 72.8 Å². The first-order chi connectivity index (χ1) is 17.7. The van der Waals surface area contributed by atoms with Crippen LogP contribution >= 0.6 is 0 Å². The van der Waals surface area contributed by atoms with E-state index in [1.807, 2.05) is 77.7 Å². The largest absolute Gasteiger partial charge is 0.485 e. The maximum absolute atomic E-state index is 13.5. The fourth-order valence-corrected chi connectivity index (χ4v) is 4.06. The molecule has 36 heavy (non-hydrogen) atoms. The van der Waals surface area contributed by atoms with Gasteiger partial charge in [-0.2, -0.15) is 0 Å². The summed E-state index contributed by atoms with van der Waals surface area (Å²) >= 11 is 0. The van der Waals surface area contributed by atoms with Crippen molar-refractivity contribution >= 4 is 17.5 Å². The number of amides is 2. The normalized spacial score (nSPS) is 14.1. The fourth-order valence-electron chi connectivity index (χ4n) is 4.06. The van der Waals surface area contributed by atoms with Gasteiger partial charge in [0.1, 0.15) is 6.61 Å². The molecule has 1 N–H and O–H groups in total. The van der Waals surface area contributed by atoms with Gasteiger partial charge in [0.2, 0.25) is 6.10 Å². The summed E-state index contributed by atoms with van der Waals surface area (Å²) in [5, 5.41) is 2.85. The molecule has 0 bridgehead atoms. The molecule has 0 spiro atoms. The fraction of sp³-hybridized carbons (Fsp3) is 0.133. The Bertz CT molecular complexity index is 1280. The predicted octanol–water partition coefficient (Wildman–Crippen LogP) is 5.31. The Morgan fingerprint density at radius 1 is 0.722 bits per heavy atom. The number of rotatable bonds is 7. The number of benzene rings is 4. The van der Waals surface area contributed by atoms with Gasteiger partial charge in [-0.25, -0.2) is 0 Å². The molecule has 180 valence electrons. The van der Waals surface area contributed by atoms with Crippen LogP contribution in [0.4, 0.5) is 5.69 Å². The molecule has 0 fully saturated rings. The molecule has 0 radical (unpaired) electrons. The molecule has 1 aliphatic heterocycles. The second kappa shape index (κ2) is 10.8. The average molecular weight is 479 g/mol. The lowest BCUT2D eigenvalue weighted by Crippen LogP contribution is -2.40. The van der Waals surface area contributed by atoms with Crippen LogP contribution in [0.5, 0.6) is 11.5 Å². The van der Waals surface area contributed by atoms with Gasteiger partial charge in [-0.05, 0) is 47.5 Å². The van der Waals surface area contributed by atoms with Crippen LogP contribution in [0.15, 0.2) is 109 Å². The van der Waals surface area contributed by atoms with Gasteiger partial charge in [0.25, 0.3) is 11.8 Å². The number of carbonyl (C=O) groups excluding carboxylic acids is 2. The standard InChI is InChI=1S/C30H26N2O4/c33-29(28-21-35-26-13-7-8-14-27(26)36-28)31-25-17-15-24(16-18-25)30(34)32(19-22-9-3-1-4-10-22)20-23-11-5-2-6-12-23/h1-18,28H,19-21H2,(H,31,33)/t28-/m0/s1. The summed E-state index contributed by atoms with van der Waals surface area (Å²) in [7, 11) is 0. The summed E-state index contributed by atoms with van der Waals surface area (Å²) in [6.07, 6.45) is -0.756. The lowest BCUT2D eigenvalue weighted by atomic mass is 10.1. The van der Waals surface area contributed by atoms with Crippen molar-refractivity contribution in [1.82, 2.24) is 4.90 Å². The lowest BCUT2D eigenvalue weighted by molar-refractivity contribution is -0.125. The number of carbonyl (C=O) groups is 2. The van der Waals surface area contributed by atoms with Crippen molar-refractivity contribution in [2.24, 2.45) is 0 Å². The lowest BCUT2D eigenvalue weighted by Gasteiger charge is -2.25. The first-order valence-corrected chi connectivity index (χ1v) is 11.8. The molecule has 4 aromatic rings. The van der Waals surface area contributed by atoms with E-state index in [0.717, 1.165) is 11.1 Å². The molecule has 1 aliphatic rings. The van der Waals surface area contributed by atoms with Crippen LogP contribution < -0.4 is 14.8 Å². The molecule has 5 rings (SSSR count). The highest BCUT2D eigenvalue weighted by atomic mass is 16.6. The first-order valence-electron chi connectivity index (χ1n) is 11.8. The molecule has 6 heteroatoms. The van der Waals surface area contributed by atoms with Crippen LogP contribution in [0.25, 0.3) is 0 Å². The highest BCUT2D eigenvalue weighted by molar-refractivity contribution is 5.97. The van der Waals surface area contributed by atoms with Gasteiger partial charge in [0, 0.05) is 24.3 Å². The van der Waals surface area contributed by atoms with Gasteiger partial charge >= 0.3 is 0 Å². The zero-order valence-corrected chi connectivity index (χ0v) is 19.7. The quantitative estimate of drug-likeness (QED) is 0.391. The van der Waals surface area contributed by atoms with Crippen molar-refractivity contribution in [3.8, 4) is 11.5 Å². The molecule has 1 atom stereocenters. The minimum absolute atomic E-state index is 0.0822. The van der Waals surface area contributed by atoms with Crippen LogP contribution in [-0.2, 0) is 17.9 Å². The molecule has 0 aliphatic carbocycles. The molecule has 0 saturated carbocycles. The van der Waals surface area contributed by atoms with Crippen molar-refractivity contribution in [2.75, 3.05) is 11.9 Å². The highest BCUT2D eigenvalue weighted by Gasteiger charge is 2.27. The highest BCUT2D eigenvalue weighted by Crippen LogP contribution is 2.31. The van der Waals surface area contributed by atoms with E-state index in [2.05, 4.69) is 5.32 Å². The number of hydrogen-bond donors (Lipinski definition) is 1. The average Bonchev–Trinajstić information content (AvgIpc) is 2.93. The molecule has 0 aromatic heterocycles. The van der Waals surface area contributed by atoms with Crippen LogP contribution in [0.2, 0.25) is 0 Å². The van der Waals surface area contributed by atoms with E-state index < -0.39 is 6.10 Å². The Hall–Kier alpha value is -4.58. The first kappa shape index (κ1) is 23.2. The summed E-state index contributed by atoms with van der Waals surface area (Å²) in [5.74, 6) is 0.779. The Balaban J connectivity index is 1.26. The number of para-hydroxylation sites is 2. The van der Waals surface area contributed by atoms with Crippen LogP contribution in [0, 0.1) is 0 Å². The van der Waals surface area contributed by atoms with Gasteiger partial charge in [-0.15, -0.1) is 0 Å². The minimum atomic E-state index is -0.756. The van der Waals surface area contributed by atoms with Crippen molar-refractivity contribution in [3.63, 3.8) is 0 Å². The number of fused-ring (bicyclic) bond motifs is 1. The Kier molecular flexibility index (Phi) is 6.94. The Morgan fingerprint density at radius 3 is 1.89 bits per heavy atom. The second-order valence-corrected chi connectivity index (χ2v) is 8.56. The molecule has 2 amide bonds. The molecule has 0 unspecified atom stereocenters. The minimum Gasteiger partial charge on any atom is -0.485 e. The van der Waals surface area contributed by atoms with E-state index in [1.165, 1.54) is 0 Å². The maximum atomic E-state index is 13.5. The molecule has 6 nitrogen and oxygen atoms in total. The summed E-state index contributed by atoms with van der Waals surface area (Å²) < 4.78 is 11.4. The third-order valence-electron chi connectivity index (χ3n) is 5.92. The van der Waals surface area contributed by atoms with Crippen molar-refractivity contribution in [2.45, 2.75) is 19.2 Å². The Labute approximate surface area is 210 Å². The molecule has 0 saturated heterocycles. The number of nitrogens with one attached hydrogen (secondary N) is 1. The van der Waals surface area contributed by atoms with Crippen molar-refractivity contribution < 1.29 is 19.1 Å². The predicted molar refractivity (Wildman–Crippen MR) is 138 cm³/mol. The monoisotopic (exact) mass is 478 g/mol. The smallest absolute Gasteiger partial charge is 0.269 e. The van der Waals surface area contributed by atoms with Crippen LogP contribution in [0.1, 0.15) is 21.5 Å². The van der Waals surface area contributed by atoms with E-state index in [-0.39, 0.29) is 18.4 Å². The van der Waals surface area contributed by atoms with Gasteiger partial charge in [0.15, 0.2) is 11.5 Å². The van der Waals surface area contributed by atoms with E-state index >= 15 is 0 Å². The van der Waals surface area contributed by atoms with Crippen LogP contribution in [-0.4, -0.2) is 29.4 Å². The second-order valence-electron chi connectivity index (χ2n) is 8.56. The molecular formula is C30H26N2O4. The number of anilines is 1. The number of nitrogens with zero attached hydrogens (tertiary/aromatic N) is 1. The zero-order valence-electron chi connectivity index (χ0n) is 19.7. The summed E-state index contributed by atoms with van der Waals surface area (Å²) in [4.78, 5) is 28.0. The SMILES string of the molecule is O=C(Nc1ccc(C(=O)N(Cc2ccccc2)Cc2ccccc2)cc1)[C@@H]1COc2ccccc2O1. The zero-order chi connectivity index (χ0) is 24.7. The summed E-state index contributed by atoms with van der Waals surface area (Å²) in [6, 6.07) is 34.0. The van der Waals surface area contributed by atoms with Crippen LogP contribution in [0.3, 0.4) is 0 Å². The summed E-state index contributed by atoms with van der Waals surface area (Å²) in [5.41, 5.74) is 3.24.